The van der Waals surface area contributed by atoms with Gasteiger partial charge < -0.3 is 4.42 Å². The number of piperidine rings is 1. The molecular weight excluding hydrogens is 379 g/mol. The number of aryl methyl sites for hydroxylation is 1. The lowest BCUT2D eigenvalue weighted by atomic mass is 9.96. The normalized spacial score (nSPS) is 18.1. The number of oxazole rings is 1. The van der Waals surface area contributed by atoms with E-state index in [0.29, 0.717) is 23.8 Å². The highest BCUT2D eigenvalue weighted by atomic mass is 19.4. The molecule has 1 atom stereocenters. The van der Waals surface area contributed by atoms with Gasteiger partial charge in [-0.25, -0.2) is 4.98 Å². The zero-order valence-electron chi connectivity index (χ0n) is 16.1. The van der Waals surface area contributed by atoms with Crippen LogP contribution in [-0.2, 0) is 12.7 Å². The Bertz CT molecular complexity index is 952. The summed E-state index contributed by atoms with van der Waals surface area (Å²) in [4.78, 5) is 11.2. The van der Waals surface area contributed by atoms with E-state index in [2.05, 4.69) is 20.9 Å². The molecule has 1 fully saturated rings. The lowest BCUT2D eigenvalue weighted by Gasteiger charge is -2.35. The van der Waals surface area contributed by atoms with Crippen molar-refractivity contribution in [3.63, 3.8) is 0 Å². The van der Waals surface area contributed by atoms with Crippen molar-refractivity contribution in [1.82, 2.24) is 14.9 Å². The topological polar surface area (TPSA) is 42.2 Å². The van der Waals surface area contributed by atoms with Crippen molar-refractivity contribution in [1.29, 1.82) is 0 Å². The van der Waals surface area contributed by atoms with Gasteiger partial charge in [0.15, 0.2) is 0 Å². The van der Waals surface area contributed by atoms with Crippen LogP contribution in [0.4, 0.5) is 13.2 Å². The number of nitrogens with zero attached hydrogens (tertiary/aromatic N) is 3. The van der Waals surface area contributed by atoms with Gasteiger partial charge in [-0.05, 0) is 62.2 Å². The summed E-state index contributed by atoms with van der Waals surface area (Å²) in [7, 11) is 0. The Hall–Kier alpha value is -2.67. The smallest absolute Gasteiger partial charge is 0.416 e. The van der Waals surface area contributed by atoms with Crippen LogP contribution in [0.1, 0.15) is 47.9 Å². The highest BCUT2D eigenvalue weighted by Crippen LogP contribution is 2.34. The van der Waals surface area contributed by atoms with Crippen LogP contribution in [0.25, 0.3) is 11.5 Å². The number of alkyl halides is 3. The molecule has 0 spiro atoms. The minimum absolute atomic E-state index is 0.281. The summed E-state index contributed by atoms with van der Waals surface area (Å²) in [6.45, 7) is 3.44. The van der Waals surface area contributed by atoms with E-state index in [1.807, 2.05) is 19.2 Å². The van der Waals surface area contributed by atoms with Crippen LogP contribution >= 0.6 is 0 Å². The fourth-order valence-electron chi connectivity index (χ4n) is 3.82. The van der Waals surface area contributed by atoms with Crippen molar-refractivity contribution < 1.29 is 17.6 Å². The summed E-state index contributed by atoms with van der Waals surface area (Å²) < 4.78 is 44.1. The summed E-state index contributed by atoms with van der Waals surface area (Å²) in [6.07, 6.45) is 2.69. The molecular formula is C22H22F3N3O. The molecule has 3 aromatic rings. The zero-order chi connectivity index (χ0) is 20.4. The van der Waals surface area contributed by atoms with E-state index in [9.17, 15) is 13.2 Å². The predicted molar refractivity (Wildman–Crippen MR) is 103 cm³/mol. The molecule has 0 N–H and O–H groups in total. The first kappa shape index (κ1) is 19.6. The Kier molecular flexibility index (Phi) is 5.41. The number of benzene rings is 1. The van der Waals surface area contributed by atoms with E-state index in [4.69, 9.17) is 4.42 Å². The largest absolute Gasteiger partial charge is 0.441 e. The van der Waals surface area contributed by atoms with Gasteiger partial charge in [0.1, 0.15) is 5.76 Å². The number of rotatable bonds is 4. The average Bonchev–Trinajstić information content (AvgIpc) is 3.09. The first-order chi connectivity index (χ1) is 13.9. The molecule has 3 heterocycles. The third kappa shape index (κ3) is 4.34. The maximum atomic E-state index is 12.8. The van der Waals surface area contributed by atoms with Gasteiger partial charge in [-0.1, -0.05) is 12.5 Å². The number of pyridine rings is 1. The van der Waals surface area contributed by atoms with E-state index in [-0.39, 0.29) is 6.04 Å². The van der Waals surface area contributed by atoms with E-state index in [0.717, 1.165) is 37.2 Å². The molecule has 29 heavy (non-hydrogen) atoms. The van der Waals surface area contributed by atoms with Gasteiger partial charge in [0.25, 0.3) is 0 Å². The summed E-state index contributed by atoms with van der Waals surface area (Å²) >= 11 is 0. The SMILES string of the molecule is Cc1oc(-c2ccc(C(F)(F)F)cc2)nc1CN1CCCCC1c1cccnc1. The number of halogens is 3. The molecule has 1 saturated heterocycles. The summed E-state index contributed by atoms with van der Waals surface area (Å²) in [5.41, 5.74) is 1.86. The van der Waals surface area contributed by atoms with Gasteiger partial charge in [-0.3, -0.25) is 9.88 Å². The van der Waals surface area contributed by atoms with Crippen LogP contribution < -0.4 is 0 Å². The summed E-state index contributed by atoms with van der Waals surface area (Å²) in [6, 6.07) is 9.23. The third-order valence-electron chi connectivity index (χ3n) is 5.39. The molecule has 1 aliphatic heterocycles. The second-order valence-electron chi connectivity index (χ2n) is 7.37. The lowest BCUT2D eigenvalue weighted by Crippen LogP contribution is -2.33. The lowest BCUT2D eigenvalue weighted by molar-refractivity contribution is -0.137. The number of hydrogen-bond acceptors (Lipinski definition) is 4. The molecule has 2 aromatic heterocycles. The number of likely N-dealkylation sites (tertiary alicyclic amines) is 1. The van der Waals surface area contributed by atoms with E-state index < -0.39 is 11.7 Å². The maximum absolute atomic E-state index is 12.8. The van der Waals surface area contributed by atoms with Crippen LogP contribution in [0.2, 0.25) is 0 Å². The Morgan fingerprint density at radius 2 is 1.93 bits per heavy atom. The number of hydrogen-bond donors (Lipinski definition) is 0. The molecule has 0 amide bonds. The minimum Gasteiger partial charge on any atom is -0.441 e. The second-order valence-corrected chi connectivity index (χ2v) is 7.37. The minimum atomic E-state index is -4.36. The fraction of sp³-hybridized carbons (Fsp3) is 0.364. The van der Waals surface area contributed by atoms with E-state index >= 15 is 0 Å². The Morgan fingerprint density at radius 3 is 2.62 bits per heavy atom. The quantitative estimate of drug-likeness (QED) is 0.555. The van der Waals surface area contributed by atoms with Crippen molar-refractivity contribution in [2.45, 2.75) is 44.9 Å². The third-order valence-corrected chi connectivity index (χ3v) is 5.39. The van der Waals surface area contributed by atoms with Crippen LogP contribution in [0.3, 0.4) is 0 Å². The van der Waals surface area contributed by atoms with Gasteiger partial charge in [0, 0.05) is 30.5 Å². The first-order valence-electron chi connectivity index (χ1n) is 9.70. The van der Waals surface area contributed by atoms with Crippen molar-refractivity contribution in [3.05, 3.63) is 71.4 Å². The monoisotopic (exact) mass is 401 g/mol. The summed E-state index contributed by atoms with van der Waals surface area (Å²) in [5, 5.41) is 0. The molecule has 1 aromatic carbocycles. The second kappa shape index (κ2) is 7.99. The predicted octanol–water partition coefficient (Wildman–Crippen LogP) is 5.79. The van der Waals surface area contributed by atoms with Crippen LogP contribution in [0.15, 0.2) is 53.2 Å². The van der Waals surface area contributed by atoms with Gasteiger partial charge in [0.05, 0.1) is 11.3 Å². The molecule has 152 valence electrons. The van der Waals surface area contributed by atoms with Crippen molar-refractivity contribution in [3.8, 4) is 11.5 Å². The van der Waals surface area contributed by atoms with E-state index in [1.54, 1.807) is 6.20 Å². The molecule has 4 rings (SSSR count). The summed E-state index contributed by atoms with van der Waals surface area (Å²) in [5.74, 6) is 1.04. The van der Waals surface area contributed by atoms with Crippen molar-refractivity contribution in [2.24, 2.45) is 0 Å². The highest BCUT2D eigenvalue weighted by Gasteiger charge is 2.30. The average molecular weight is 401 g/mol. The van der Waals surface area contributed by atoms with Gasteiger partial charge >= 0.3 is 6.18 Å². The van der Waals surface area contributed by atoms with Gasteiger partial charge in [0.2, 0.25) is 5.89 Å². The van der Waals surface area contributed by atoms with Crippen molar-refractivity contribution >= 4 is 0 Å². The highest BCUT2D eigenvalue weighted by molar-refractivity contribution is 5.54. The molecule has 1 unspecified atom stereocenters. The van der Waals surface area contributed by atoms with Crippen molar-refractivity contribution in [2.75, 3.05) is 6.54 Å². The van der Waals surface area contributed by atoms with Crippen LogP contribution in [0, 0.1) is 6.92 Å². The Morgan fingerprint density at radius 1 is 1.14 bits per heavy atom. The zero-order valence-corrected chi connectivity index (χ0v) is 16.1. The Labute approximate surface area is 167 Å². The molecule has 0 aliphatic carbocycles. The number of aromatic nitrogens is 2. The standard InChI is InChI=1S/C22H22F3N3O/c1-15-19(14-28-12-3-2-6-20(28)17-5-4-11-26-13-17)27-21(29-15)16-7-9-18(10-8-16)22(23,24)25/h4-5,7-11,13,20H,2-3,6,12,14H2,1H3. The van der Waals surface area contributed by atoms with Crippen LogP contribution in [-0.4, -0.2) is 21.4 Å². The first-order valence-corrected chi connectivity index (χ1v) is 9.70. The maximum Gasteiger partial charge on any atom is 0.416 e. The van der Waals surface area contributed by atoms with Gasteiger partial charge in [-0.15, -0.1) is 0 Å². The molecule has 7 heteroatoms. The molecule has 0 radical (unpaired) electrons. The molecule has 1 aliphatic rings. The Balaban J connectivity index is 1.55. The van der Waals surface area contributed by atoms with Crippen LogP contribution in [0.5, 0.6) is 0 Å². The van der Waals surface area contributed by atoms with Gasteiger partial charge in [-0.2, -0.15) is 13.2 Å². The van der Waals surface area contributed by atoms with E-state index in [1.165, 1.54) is 24.1 Å². The molecule has 0 bridgehead atoms. The fourth-order valence-corrected chi connectivity index (χ4v) is 3.82. The molecule has 0 saturated carbocycles. The molecule has 4 nitrogen and oxygen atoms in total.